The minimum absolute atomic E-state index is 0.240. The van der Waals surface area contributed by atoms with Crippen LogP contribution in [-0.4, -0.2) is 31.6 Å². The van der Waals surface area contributed by atoms with Crippen molar-refractivity contribution in [2.75, 3.05) is 13.7 Å². The van der Waals surface area contributed by atoms with Gasteiger partial charge in [-0.2, -0.15) is 0 Å². The molecule has 0 heterocycles. The molecule has 0 aromatic rings. The lowest BCUT2D eigenvalue weighted by molar-refractivity contribution is -0.145. The molecule has 0 rings (SSSR count). The highest BCUT2D eigenvalue weighted by atomic mass is 16.5. The van der Waals surface area contributed by atoms with Crippen LogP contribution in [0.15, 0.2) is 5.11 Å². The minimum Gasteiger partial charge on any atom is -0.467 e. The molecule has 0 bridgehead atoms. The Morgan fingerprint density at radius 1 is 1.50 bits per heavy atom. The van der Waals surface area contributed by atoms with E-state index in [2.05, 4.69) is 20.1 Å². The Kier molecular flexibility index (Phi) is 6.71. The van der Waals surface area contributed by atoms with Crippen molar-refractivity contribution in [3.8, 4) is 0 Å². The van der Waals surface area contributed by atoms with Crippen LogP contribution in [0.2, 0.25) is 0 Å². The maximum absolute atomic E-state index is 11.3. The summed E-state index contributed by atoms with van der Waals surface area (Å²) in [6.45, 7) is 3.53. The lowest BCUT2D eigenvalue weighted by atomic mass is 10.0. The van der Waals surface area contributed by atoms with Crippen LogP contribution in [0.4, 0.5) is 0 Å². The van der Waals surface area contributed by atoms with Gasteiger partial charge in [0, 0.05) is 4.91 Å². The number of hydrogen-bond donors (Lipinski definition) is 1. The normalized spacial score (nSPS) is 11.5. The van der Waals surface area contributed by atoms with E-state index in [0.717, 1.165) is 0 Å². The zero-order valence-electron chi connectivity index (χ0n) is 9.64. The lowest BCUT2D eigenvalue weighted by Crippen LogP contribution is -2.43. The fraction of sp³-hybridized carbons (Fsp3) is 0.778. The minimum atomic E-state index is -0.689. The van der Waals surface area contributed by atoms with Gasteiger partial charge in [0.25, 0.3) is 0 Å². The van der Waals surface area contributed by atoms with Crippen molar-refractivity contribution in [3.63, 3.8) is 0 Å². The number of amides is 1. The molecule has 0 saturated heterocycles. The number of rotatable bonds is 6. The average molecular weight is 228 g/mol. The van der Waals surface area contributed by atoms with E-state index in [4.69, 9.17) is 5.53 Å². The molecule has 0 radical (unpaired) electrons. The Hall–Kier alpha value is -1.75. The highest BCUT2D eigenvalue weighted by Crippen LogP contribution is 2.06. The standard InChI is InChI=1S/C9H16N4O3/c1-6(2)4-7(9(15)16-3)12-8(14)5-11-13-10/h6-7H,4-5H2,1-3H3,(H,12,14). The van der Waals surface area contributed by atoms with Crippen LogP contribution in [0.25, 0.3) is 10.4 Å². The average Bonchev–Trinajstić information content (AvgIpc) is 2.23. The third-order valence-electron chi connectivity index (χ3n) is 1.81. The highest BCUT2D eigenvalue weighted by molar-refractivity contribution is 5.85. The molecular weight excluding hydrogens is 212 g/mol. The summed E-state index contributed by atoms with van der Waals surface area (Å²) in [5, 5.41) is 5.56. The van der Waals surface area contributed by atoms with E-state index in [1.54, 1.807) is 0 Å². The van der Waals surface area contributed by atoms with Crippen LogP contribution in [0.5, 0.6) is 0 Å². The maximum atomic E-state index is 11.3. The number of methoxy groups -OCH3 is 1. The molecule has 1 N–H and O–H groups in total. The summed E-state index contributed by atoms with van der Waals surface area (Å²) >= 11 is 0. The Morgan fingerprint density at radius 2 is 2.12 bits per heavy atom. The highest BCUT2D eigenvalue weighted by Gasteiger charge is 2.21. The third kappa shape index (κ3) is 5.87. The predicted octanol–water partition coefficient (Wildman–Crippen LogP) is 1.00. The van der Waals surface area contributed by atoms with Gasteiger partial charge in [0.15, 0.2) is 0 Å². The summed E-state index contributed by atoms with van der Waals surface area (Å²) in [5.74, 6) is -0.749. The topological polar surface area (TPSA) is 104 Å². The van der Waals surface area contributed by atoms with Crippen molar-refractivity contribution in [2.45, 2.75) is 26.3 Å². The molecule has 0 aliphatic carbocycles. The SMILES string of the molecule is COC(=O)C(CC(C)C)NC(=O)CN=[N+]=[N-]. The van der Waals surface area contributed by atoms with Gasteiger partial charge < -0.3 is 10.1 Å². The van der Waals surface area contributed by atoms with Gasteiger partial charge in [-0.05, 0) is 17.9 Å². The first-order chi connectivity index (χ1) is 7.51. The molecule has 0 aliphatic heterocycles. The molecule has 0 aromatic carbocycles. The molecule has 0 fully saturated rings. The van der Waals surface area contributed by atoms with E-state index >= 15 is 0 Å². The van der Waals surface area contributed by atoms with Gasteiger partial charge in [0.05, 0.1) is 7.11 Å². The molecule has 7 nitrogen and oxygen atoms in total. The van der Waals surface area contributed by atoms with E-state index in [9.17, 15) is 9.59 Å². The van der Waals surface area contributed by atoms with Crippen LogP contribution in [-0.2, 0) is 14.3 Å². The fourth-order valence-electron chi connectivity index (χ4n) is 1.16. The van der Waals surface area contributed by atoms with Gasteiger partial charge in [-0.1, -0.05) is 19.0 Å². The number of nitrogens with zero attached hydrogens (tertiary/aromatic N) is 3. The molecule has 7 heteroatoms. The smallest absolute Gasteiger partial charge is 0.328 e. The second kappa shape index (κ2) is 7.53. The second-order valence-electron chi connectivity index (χ2n) is 3.66. The van der Waals surface area contributed by atoms with Crippen molar-refractivity contribution in [2.24, 2.45) is 11.0 Å². The number of carbonyl (C=O) groups is 2. The molecule has 0 saturated carbocycles. The van der Waals surface area contributed by atoms with Crippen LogP contribution in [0, 0.1) is 5.92 Å². The first-order valence-electron chi connectivity index (χ1n) is 4.89. The summed E-state index contributed by atoms with van der Waals surface area (Å²) < 4.78 is 4.56. The number of ether oxygens (including phenoxy) is 1. The maximum Gasteiger partial charge on any atom is 0.328 e. The van der Waals surface area contributed by atoms with Crippen molar-refractivity contribution in [1.82, 2.24) is 5.32 Å². The van der Waals surface area contributed by atoms with E-state index in [1.807, 2.05) is 13.8 Å². The Morgan fingerprint density at radius 3 is 2.56 bits per heavy atom. The summed E-state index contributed by atoms with van der Waals surface area (Å²) in [7, 11) is 1.26. The van der Waals surface area contributed by atoms with E-state index in [0.29, 0.717) is 6.42 Å². The molecule has 1 atom stereocenters. The zero-order chi connectivity index (χ0) is 12.6. The molecule has 90 valence electrons. The summed E-state index contributed by atoms with van der Waals surface area (Å²) in [5.41, 5.74) is 8.04. The van der Waals surface area contributed by atoms with Gasteiger partial charge in [0.1, 0.15) is 12.6 Å². The monoisotopic (exact) mass is 228 g/mol. The number of hydrogen-bond acceptors (Lipinski definition) is 4. The Balaban J connectivity index is 4.35. The van der Waals surface area contributed by atoms with Crippen molar-refractivity contribution >= 4 is 11.9 Å². The van der Waals surface area contributed by atoms with Crippen LogP contribution in [0.1, 0.15) is 20.3 Å². The molecular formula is C9H16N4O3. The largest absolute Gasteiger partial charge is 0.467 e. The number of esters is 1. The molecule has 1 unspecified atom stereocenters. The molecule has 0 aliphatic rings. The number of carbonyl (C=O) groups excluding carboxylic acids is 2. The van der Waals surface area contributed by atoms with Gasteiger partial charge in [-0.25, -0.2) is 4.79 Å². The number of nitrogens with one attached hydrogen (secondary N) is 1. The zero-order valence-corrected chi connectivity index (χ0v) is 9.64. The van der Waals surface area contributed by atoms with Crippen molar-refractivity contribution < 1.29 is 14.3 Å². The van der Waals surface area contributed by atoms with E-state index in [-0.39, 0.29) is 12.5 Å². The molecule has 16 heavy (non-hydrogen) atoms. The summed E-state index contributed by atoms with van der Waals surface area (Å²) in [4.78, 5) is 25.0. The number of azide groups is 1. The van der Waals surface area contributed by atoms with Gasteiger partial charge in [-0.3, -0.25) is 4.79 Å². The van der Waals surface area contributed by atoms with Crippen molar-refractivity contribution in [3.05, 3.63) is 10.4 Å². The Labute approximate surface area is 93.8 Å². The summed E-state index contributed by atoms with van der Waals surface area (Å²) in [6.07, 6.45) is 0.481. The van der Waals surface area contributed by atoms with Gasteiger partial charge in [0.2, 0.25) is 5.91 Å². The van der Waals surface area contributed by atoms with Crippen LogP contribution in [0.3, 0.4) is 0 Å². The Bertz CT molecular complexity index is 297. The van der Waals surface area contributed by atoms with E-state index < -0.39 is 17.9 Å². The van der Waals surface area contributed by atoms with Gasteiger partial charge >= 0.3 is 5.97 Å². The fourth-order valence-corrected chi connectivity index (χ4v) is 1.16. The second-order valence-corrected chi connectivity index (χ2v) is 3.66. The first-order valence-corrected chi connectivity index (χ1v) is 4.89. The predicted molar refractivity (Wildman–Crippen MR) is 57.4 cm³/mol. The molecule has 0 aromatic heterocycles. The first kappa shape index (κ1) is 14.2. The summed E-state index contributed by atoms with van der Waals surface area (Å²) in [6, 6.07) is -0.689. The molecule has 1 amide bonds. The van der Waals surface area contributed by atoms with Crippen LogP contribution >= 0.6 is 0 Å². The van der Waals surface area contributed by atoms with Gasteiger partial charge in [-0.15, -0.1) is 0 Å². The third-order valence-corrected chi connectivity index (χ3v) is 1.81. The van der Waals surface area contributed by atoms with Crippen LogP contribution < -0.4 is 5.32 Å². The lowest BCUT2D eigenvalue weighted by Gasteiger charge is -2.17. The van der Waals surface area contributed by atoms with E-state index in [1.165, 1.54) is 7.11 Å². The molecule has 0 spiro atoms. The van der Waals surface area contributed by atoms with Crippen molar-refractivity contribution in [1.29, 1.82) is 0 Å². The quantitative estimate of drug-likeness (QED) is 0.317.